The molecule has 1 aromatic heterocycles. The highest BCUT2D eigenvalue weighted by atomic mass is 16.6. The van der Waals surface area contributed by atoms with E-state index in [9.17, 15) is 10.1 Å². The molecule has 2 rings (SSSR count). The molecule has 0 aliphatic rings. The lowest BCUT2D eigenvalue weighted by molar-refractivity contribution is -0.385. The third-order valence-corrected chi connectivity index (χ3v) is 2.60. The van der Waals surface area contributed by atoms with Gasteiger partial charge in [0, 0.05) is 6.07 Å². The van der Waals surface area contributed by atoms with Gasteiger partial charge < -0.3 is 20.1 Å². The van der Waals surface area contributed by atoms with Crippen LogP contribution in [0.3, 0.4) is 0 Å². The molecule has 0 aliphatic heterocycles. The molecule has 0 radical (unpaired) electrons. The van der Waals surface area contributed by atoms with Crippen molar-refractivity contribution in [1.29, 1.82) is 0 Å². The van der Waals surface area contributed by atoms with Gasteiger partial charge in [0.2, 0.25) is 5.75 Å². The number of nitro groups is 1. The summed E-state index contributed by atoms with van der Waals surface area (Å²) < 4.78 is 10.0. The zero-order valence-electron chi connectivity index (χ0n) is 10.5. The Morgan fingerprint density at radius 1 is 1.60 bits per heavy atom. The number of aliphatic hydroxyl groups excluding tert-OH is 1. The third kappa shape index (κ3) is 2.44. The number of rotatable bonds is 5. The Kier molecular flexibility index (Phi) is 3.91. The summed E-state index contributed by atoms with van der Waals surface area (Å²) in [5, 5.41) is 23.5. The number of aliphatic hydroxyl groups is 1. The number of nitrogens with zero attached hydrogens (tertiary/aromatic N) is 3. The molecule has 1 atom stereocenters. The van der Waals surface area contributed by atoms with E-state index in [2.05, 4.69) is 10.1 Å². The second-order valence-electron chi connectivity index (χ2n) is 3.86. The molecule has 9 nitrogen and oxygen atoms in total. The van der Waals surface area contributed by atoms with Crippen LogP contribution in [-0.2, 0) is 0 Å². The topological polar surface area (TPSA) is 138 Å². The summed E-state index contributed by atoms with van der Waals surface area (Å²) in [7, 11) is 1.31. The lowest BCUT2D eigenvalue weighted by Gasteiger charge is -2.04. The predicted octanol–water partition coefficient (Wildman–Crippen LogP) is 0.645. The van der Waals surface area contributed by atoms with Crippen molar-refractivity contribution >= 4 is 5.69 Å². The quantitative estimate of drug-likeness (QED) is 0.601. The van der Waals surface area contributed by atoms with Gasteiger partial charge in [-0.15, -0.1) is 0 Å². The molecule has 2 aromatic rings. The molecule has 0 spiro atoms. The first kappa shape index (κ1) is 13.9. The predicted molar refractivity (Wildman–Crippen MR) is 67.0 cm³/mol. The monoisotopic (exact) mass is 280 g/mol. The van der Waals surface area contributed by atoms with Gasteiger partial charge in [-0.1, -0.05) is 11.2 Å². The second kappa shape index (κ2) is 5.63. The Bertz CT molecular complexity index is 627. The van der Waals surface area contributed by atoms with Crippen LogP contribution in [0, 0.1) is 10.1 Å². The maximum atomic E-state index is 10.9. The van der Waals surface area contributed by atoms with E-state index < -0.39 is 11.0 Å². The molecule has 1 aromatic carbocycles. The van der Waals surface area contributed by atoms with Gasteiger partial charge in [-0.2, -0.15) is 4.98 Å². The van der Waals surface area contributed by atoms with E-state index in [1.54, 1.807) is 6.07 Å². The highest BCUT2D eigenvalue weighted by Gasteiger charge is 2.23. The van der Waals surface area contributed by atoms with Crippen molar-refractivity contribution in [2.45, 2.75) is 6.04 Å². The van der Waals surface area contributed by atoms with Crippen molar-refractivity contribution in [2.75, 3.05) is 13.7 Å². The number of nitrogens with two attached hydrogens (primary N) is 1. The van der Waals surface area contributed by atoms with E-state index in [0.29, 0.717) is 0 Å². The first-order valence-electron chi connectivity index (χ1n) is 5.60. The van der Waals surface area contributed by atoms with Gasteiger partial charge in [0.25, 0.3) is 5.89 Å². The molecule has 106 valence electrons. The van der Waals surface area contributed by atoms with Crippen molar-refractivity contribution in [2.24, 2.45) is 5.73 Å². The van der Waals surface area contributed by atoms with Crippen molar-refractivity contribution in [3.63, 3.8) is 0 Å². The second-order valence-corrected chi connectivity index (χ2v) is 3.86. The molecule has 0 bridgehead atoms. The number of nitro benzene ring substituents is 1. The molecular formula is C11H12N4O5. The third-order valence-electron chi connectivity index (χ3n) is 2.60. The molecule has 9 heteroatoms. The fourth-order valence-corrected chi connectivity index (χ4v) is 1.63. The maximum Gasteiger partial charge on any atom is 0.311 e. The Morgan fingerprint density at radius 2 is 2.35 bits per heavy atom. The van der Waals surface area contributed by atoms with E-state index in [4.69, 9.17) is 20.1 Å². The molecule has 3 N–H and O–H groups in total. The standard InChI is InChI=1S/C11H12N4O5/c1-19-9-6(3-2-4-8(9)15(17)18)11-13-10(14-20-11)7(12)5-16/h2-4,7,16H,5,12H2,1H3. The Hall–Kier alpha value is -2.52. The zero-order valence-corrected chi connectivity index (χ0v) is 10.5. The van der Waals surface area contributed by atoms with Crippen molar-refractivity contribution < 1.29 is 19.3 Å². The first-order valence-corrected chi connectivity index (χ1v) is 5.60. The summed E-state index contributed by atoms with van der Waals surface area (Å²) in [5.41, 5.74) is 5.63. The average molecular weight is 280 g/mol. The molecule has 0 saturated heterocycles. The van der Waals surface area contributed by atoms with Crippen LogP contribution in [0.4, 0.5) is 5.69 Å². The molecule has 20 heavy (non-hydrogen) atoms. The summed E-state index contributed by atoms with van der Waals surface area (Å²) in [6.07, 6.45) is 0. The van der Waals surface area contributed by atoms with Crippen LogP contribution in [-0.4, -0.2) is 33.9 Å². The Balaban J connectivity index is 2.50. The molecule has 0 fully saturated rings. The number of benzene rings is 1. The molecule has 0 aliphatic carbocycles. The highest BCUT2D eigenvalue weighted by Crippen LogP contribution is 2.36. The summed E-state index contributed by atoms with van der Waals surface area (Å²) in [4.78, 5) is 14.4. The maximum absolute atomic E-state index is 10.9. The van der Waals surface area contributed by atoms with Gasteiger partial charge in [0.05, 0.1) is 30.2 Å². The molecule has 0 amide bonds. The lowest BCUT2D eigenvalue weighted by atomic mass is 10.1. The normalized spacial score (nSPS) is 12.2. The minimum Gasteiger partial charge on any atom is -0.490 e. The lowest BCUT2D eigenvalue weighted by Crippen LogP contribution is -2.15. The van der Waals surface area contributed by atoms with E-state index >= 15 is 0 Å². The number of hydrogen-bond acceptors (Lipinski definition) is 8. The van der Waals surface area contributed by atoms with Crippen LogP contribution < -0.4 is 10.5 Å². The SMILES string of the molecule is COc1c(-c2nc(C(N)CO)no2)cccc1[N+](=O)[O-]. The molecule has 1 heterocycles. The van der Waals surface area contributed by atoms with Crippen LogP contribution in [0.25, 0.3) is 11.5 Å². The summed E-state index contributed by atoms with van der Waals surface area (Å²) in [6.45, 7) is -0.342. The van der Waals surface area contributed by atoms with Crippen molar-refractivity contribution in [3.05, 3.63) is 34.1 Å². The van der Waals surface area contributed by atoms with Crippen LogP contribution in [0.15, 0.2) is 22.7 Å². The van der Waals surface area contributed by atoms with Crippen molar-refractivity contribution in [3.8, 4) is 17.2 Å². The summed E-state index contributed by atoms with van der Waals surface area (Å²) in [6, 6.07) is 3.55. The van der Waals surface area contributed by atoms with Gasteiger partial charge in [0.1, 0.15) is 0 Å². The fourth-order valence-electron chi connectivity index (χ4n) is 1.63. The van der Waals surface area contributed by atoms with Gasteiger partial charge in [-0.3, -0.25) is 10.1 Å². The van der Waals surface area contributed by atoms with E-state index in [0.717, 1.165) is 0 Å². The molecule has 0 saturated carbocycles. The van der Waals surface area contributed by atoms with E-state index in [1.165, 1.54) is 19.2 Å². The average Bonchev–Trinajstić information content (AvgIpc) is 2.95. The Labute approximate surface area is 113 Å². The van der Waals surface area contributed by atoms with E-state index in [-0.39, 0.29) is 35.3 Å². The van der Waals surface area contributed by atoms with Gasteiger partial charge >= 0.3 is 5.69 Å². The highest BCUT2D eigenvalue weighted by molar-refractivity contribution is 5.69. The number of aromatic nitrogens is 2. The zero-order chi connectivity index (χ0) is 14.7. The van der Waals surface area contributed by atoms with E-state index in [1.807, 2.05) is 0 Å². The van der Waals surface area contributed by atoms with Crippen LogP contribution >= 0.6 is 0 Å². The largest absolute Gasteiger partial charge is 0.490 e. The van der Waals surface area contributed by atoms with Crippen LogP contribution in [0.2, 0.25) is 0 Å². The van der Waals surface area contributed by atoms with Gasteiger partial charge in [0.15, 0.2) is 5.82 Å². The van der Waals surface area contributed by atoms with Gasteiger partial charge in [-0.05, 0) is 6.07 Å². The number of methoxy groups -OCH3 is 1. The minimum atomic E-state index is -0.780. The minimum absolute atomic E-state index is 0.0188. The molecule has 1 unspecified atom stereocenters. The first-order chi connectivity index (χ1) is 9.58. The summed E-state index contributed by atoms with van der Waals surface area (Å²) in [5.74, 6) is 0.158. The number of para-hydroxylation sites is 1. The van der Waals surface area contributed by atoms with Gasteiger partial charge in [-0.25, -0.2) is 0 Å². The fraction of sp³-hybridized carbons (Fsp3) is 0.273. The number of hydrogen-bond donors (Lipinski definition) is 2. The van der Waals surface area contributed by atoms with Crippen LogP contribution in [0.5, 0.6) is 5.75 Å². The summed E-state index contributed by atoms with van der Waals surface area (Å²) >= 11 is 0. The molecular weight excluding hydrogens is 268 g/mol. The smallest absolute Gasteiger partial charge is 0.311 e. The van der Waals surface area contributed by atoms with Crippen molar-refractivity contribution in [1.82, 2.24) is 10.1 Å². The van der Waals surface area contributed by atoms with Crippen LogP contribution in [0.1, 0.15) is 11.9 Å². The number of ether oxygens (including phenoxy) is 1. The Morgan fingerprint density at radius 3 is 2.95 bits per heavy atom.